The lowest BCUT2D eigenvalue weighted by Gasteiger charge is -2.43. The summed E-state index contributed by atoms with van der Waals surface area (Å²) in [6, 6.07) is 0.0690. The largest absolute Gasteiger partial charge is 0.756 e. The van der Waals surface area contributed by atoms with Gasteiger partial charge in [-0.15, -0.1) is 0 Å². The number of hydrogen-bond acceptors (Lipinski definition) is 5. The van der Waals surface area contributed by atoms with Crippen LogP contribution in [0.2, 0.25) is 0 Å². The van der Waals surface area contributed by atoms with E-state index >= 15 is 0 Å². The van der Waals surface area contributed by atoms with E-state index in [0.29, 0.717) is 18.4 Å². The molecular formula is C15H30NO6P. The van der Waals surface area contributed by atoms with E-state index in [1.165, 1.54) is 0 Å². The standard InChI is InChI=1S/C15H30NO6P/c1-6-16(7-2,8-3)14(10-12-22-23(18,19)20)9-11-21-15(17)13(4)5/h14H,4,6-12H2,1-3,5H3,(H-,18,19,20). The molecule has 0 aromatic heterocycles. The Morgan fingerprint density at radius 1 is 1.22 bits per heavy atom. The first-order chi connectivity index (χ1) is 10.6. The Morgan fingerprint density at radius 3 is 2.09 bits per heavy atom. The van der Waals surface area contributed by atoms with Gasteiger partial charge >= 0.3 is 5.97 Å². The first-order valence-electron chi connectivity index (χ1n) is 7.98. The SMILES string of the molecule is C=C(C)C(=O)OCCC(CCOP(=O)([O-])O)[N+](CC)(CC)CC. The van der Waals surface area contributed by atoms with E-state index in [0.717, 1.165) is 24.1 Å². The van der Waals surface area contributed by atoms with E-state index in [1.54, 1.807) is 6.92 Å². The third kappa shape index (κ3) is 8.08. The van der Waals surface area contributed by atoms with Crippen molar-refractivity contribution < 1.29 is 32.9 Å². The Bertz CT molecular complexity index is 421. The van der Waals surface area contributed by atoms with Crippen molar-refractivity contribution in [2.24, 2.45) is 0 Å². The molecule has 2 unspecified atom stereocenters. The van der Waals surface area contributed by atoms with Crippen LogP contribution in [-0.4, -0.2) is 54.2 Å². The van der Waals surface area contributed by atoms with Gasteiger partial charge < -0.3 is 23.5 Å². The van der Waals surface area contributed by atoms with E-state index < -0.39 is 13.8 Å². The molecular weight excluding hydrogens is 321 g/mol. The van der Waals surface area contributed by atoms with Crippen LogP contribution in [0.1, 0.15) is 40.5 Å². The number of hydrogen-bond donors (Lipinski definition) is 1. The second-order valence-corrected chi connectivity index (χ2v) is 6.81. The zero-order chi connectivity index (χ0) is 18.1. The molecule has 0 saturated carbocycles. The lowest BCUT2D eigenvalue weighted by molar-refractivity contribution is -0.947. The van der Waals surface area contributed by atoms with E-state index in [1.807, 2.05) is 0 Å². The molecule has 7 nitrogen and oxygen atoms in total. The lowest BCUT2D eigenvalue weighted by atomic mass is 10.1. The second-order valence-electron chi connectivity index (χ2n) is 5.62. The minimum Gasteiger partial charge on any atom is -0.756 e. The maximum absolute atomic E-state index is 11.5. The van der Waals surface area contributed by atoms with Crippen molar-refractivity contribution in [1.29, 1.82) is 0 Å². The van der Waals surface area contributed by atoms with Crippen LogP contribution in [0.25, 0.3) is 0 Å². The molecule has 0 aliphatic rings. The van der Waals surface area contributed by atoms with Crippen LogP contribution in [-0.2, 0) is 18.6 Å². The zero-order valence-corrected chi connectivity index (χ0v) is 15.5. The van der Waals surface area contributed by atoms with Crippen LogP contribution < -0.4 is 4.89 Å². The highest BCUT2D eigenvalue weighted by Gasteiger charge is 2.32. The normalized spacial score (nSPS) is 15.7. The Hall–Kier alpha value is -0.720. The van der Waals surface area contributed by atoms with Gasteiger partial charge in [0.25, 0.3) is 7.82 Å². The van der Waals surface area contributed by atoms with Gasteiger partial charge in [-0.3, -0.25) is 4.57 Å². The van der Waals surface area contributed by atoms with Gasteiger partial charge in [0.2, 0.25) is 0 Å². The summed E-state index contributed by atoms with van der Waals surface area (Å²) in [5.74, 6) is -0.429. The Kier molecular flexibility index (Phi) is 9.89. The van der Waals surface area contributed by atoms with Crippen molar-refractivity contribution in [3.8, 4) is 0 Å². The first kappa shape index (κ1) is 22.3. The number of carbonyl (C=O) groups is 1. The molecule has 0 saturated heterocycles. The Balaban J connectivity index is 4.82. The fraction of sp³-hybridized carbons (Fsp3) is 0.800. The van der Waals surface area contributed by atoms with E-state index in [-0.39, 0.29) is 19.3 Å². The molecule has 0 aliphatic carbocycles. The van der Waals surface area contributed by atoms with Crippen LogP contribution in [0.3, 0.4) is 0 Å². The van der Waals surface area contributed by atoms with Gasteiger partial charge in [0.15, 0.2) is 0 Å². The third-order valence-corrected chi connectivity index (χ3v) is 4.91. The second kappa shape index (κ2) is 10.2. The van der Waals surface area contributed by atoms with Gasteiger partial charge in [0.05, 0.1) is 38.9 Å². The lowest BCUT2D eigenvalue weighted by Crippen LogP contribution is -2.55. The third-order valence-electron chi connectivity index (χ3n) is 4.40. The number of carbonyl (C=O) groups excluding carboxylic acids is 1. The summed E-state index contributed by atoms with van der Waals surface area (Å²) in [6.45, 7) is 14.1. The minimum absolute atomic E-state index is 0.0690. The molecule has 0 aromatic carbocycles. The molecule has 23 heavy (non-hydrogen) atoms. The molecule has 2 atom stereocenters. The molecule has 0 aromatic rings. The molecule has 0 radical (unpaired) electrons. The summed E-state index contributed by atoms with van der Waals surface area (Å²) in [5, 5.41) is 0. The molecule has 0 aliphatic heterocycles. The Labute approximate surface area is 139 Å². The minimum atomic E-state index is -4.71. The monoisotopic (exact) mass is 351 g/mol. The van der Waals surface area contributed by atoms with E-state index in [4.69, 9.17) is 9.63 Å². The molecule has 136 valence electrons. The highest BCUT2D eigenvalue weighted by atomic mass is 31.2. The first-order valence-corrected chi connectivity index (χ1v) is 9.48. The average molecular weight is 351 g/mol. The molecule has 0 rings (SSSR count). The van der Waals surface area contributed by atoms with Crippen molar-refractivity contribution in [2.75, 3.05) is 32.8 Å². The molecule has 0 heterocycles. The zero-order valence-electron chi connectivity index (χ0n) is 14.6. The van der Waals surface area contributed by atoms with Gasteiger partial charge in [-0.05, 0) is 27.7 Å². The molecule has 0 bridgehead atoms. The van der Waals surface area contributed by atoms with Gasteiger partial charge in [-0.1, -0.05) is 6.58 Å². The summed E-state index contributed by atoms with van der Waals surface area (Å²) in [5.41, 5.74) is 0.347. The smallest absolute Gasteiger partial charge is 0.333 e. The van der Waals surface area contributed by atoms with Gasteiger partial charge in [-0.2, -0.15) is 0 Å². The summed E-state index contributed by atoms with van der Waals surface area (Å²) in [4.78, 5) is 30.9. The summed E-state index contributed by atoms with van der Waals surface area (Å²) in [6.07, 6.45) is 1.04. The van der Waals surface area contributed by atoms with Crippen molar-refractivity contribution in [2.45, 2.75) is 46.6 Å². The van der Waals surface area contributed by atoms with Crippen molar-refractivity contribution in [3.63, 3.8) is 0 Å². The number of ether oxygens (including phenoxy) is 1. The van der Waals surface area contributed by atoms with Crippen LogP contribution in [0.4, 0.5) is 0 Å². The quantitative estimate of drug-likeness (QED) is 0.248. The molecule has 1 N–H and O–H groups in total. The van der Waals surface area contributed by atoms with E-state index in [9.17, 15) is 14.3 Å². The number of quaternary nitrogens is 1. The predicted molar refractivity (Wildman–Crippen MR) is 86.5 cm³/mol. The molecule has 8 heteroatoms. The fourth-order valence-electron chi connectivity index (χ4n) is 2.85. The summed E-state index contributed by atoms with van der Waals surface area (Å²) < 4.78 is 21.1. The molecule has 0 spiro atoms. The maximum Gasteiger partial charge on any atom is 0.333 e. The van der Waals surface area contributed by atoms with Crippen molar-refractivity contribution in [1.82, 2.24) is 0 Å². The molecule has 0 fully saturated rings. The predicted octanol–water partition coefficient (Wildman–Crippen LogP) is 1.61. The highest BCUT2D eigenvalue weighted by molar-refractivity contribution is 7.44. The number of rotatable bonds is 12. The van der Waals surface area contributed by atoms with Gasteiger partial charge in [-0.25, -0.2) is 4.79 Å². The van der Waals surface area contributed by atoms with E-state index in [2.05, 4.69) is 31.9 Å². The maximum atomic E-state index is 11.5. The van der Waals surface area contributed by atoms with Crippen molar-refractivity contribution in [3.05, 3.63) is 12.2 Å². The van der Waals surface area contributed by atoms with Gasteiger partial charge in [0, 0.05) is 18.4 Å². The number of phosphoric ester groups is 1. The van der Waals surface area contributed by atoms with Crippen LogP contribution >= 0.6 is 7.82 Å². The molecule has 0 amide bonds. The average Bonchev–Trinajstić information content (AvgIpc) is 2.47. The summed E-state index contributed by atoms with van der Waals surface area (Å²) >= 11 is 0. The number of phosphoric acid groups is 1. The topological polar surface area (TPSA) is 95.9 Å². The van der Waals surface area contributed by atoms with Gasteiger partial charge in [0.1, 0.15) is 0 Å². The fourth-order valence-corrected chi connectivity index (χ4v) is 3.19. The van der Waals surface area contributed by atoms with Crippen molar-refractivity contribution >= 4 is 13.8 Å². The highest BCUT2D eigenvalue weighted by Crippen LogP contribution is 2.31. The number of nitrogens with zero attached hydrogens (tertiary/aromatic N) is 1. The summed E-state index contributed by atoms with van der Waals surface area (Å²) in [7, 11) is -4.71. The van der Waals surface area contributed by atoms with Crippen LogP contribution in [0.15, 0.2) is 12.2 Å². The van der Waals surface area contributed by atoms with Crippen LogP contribution in [0.5, 0.6) is 0 Å². The van der Waals surface area contributed by atoms with Crippen LogP contribution in [0, 0.1) is 0 Å². The number of esters is 1. The Morgan fingerprint density at radius 2 is 1.70 bits per heavy atom.